The van der Waals surface area contributed by atoms with E-state index in [0.29, 0.717) is 17.2 Å². The minimum atomic E-state index is -0.0902. The highest BCUT2D eigenvalue weighted by molar-refractivity contribution is 6.04. The normalized spacial score (nSPS) is 21.3. The summed E-state index contributed by atoms with van der Waals surface area (Å²) >= 11 is 0. The molecule has 4 aliphatic rings. The number of aromatic nitrogens is 3. The van der Waals surface area contributed by atoms with Gasteiger partial charge in [-0.1, -0.05) is 40.0 Å². The lowest BCUT2D eigenvalue weighted by molar-refractivity contribution is 0.0901. The van der Waals surface area contributed by atoms with Crippen molar-refractivity contribution in [2.24, 2.45) is 13.0 Å². The summed E-state index contributed by atoms with van der Waals surface area (Å²) in [6.07, 6.45) is 16.7. The monoisotopic (exact) mass is 568 g/mol. The Morgan fingerprint density at radius 1 is 0.878 bits per heavy atom. The van der Waals surface area contributed by atoms with Crippen molar-refractivity contribution in [3.8, 4) is 5.88 Å². The van der Waals surface area contributed by atoms with E-state index in [1.807, 2.05) is 33.0 Å². The van der Waals surface area contributed by atoms with Crippen LogP contribution >= 0.6 is 0 Å². The van der Waals surface area contributed by atoms with Gasteiger partial charge in [-0.2, -0.15) is 10.1 Å². The van der Waals surface area contributed by atoms with E-state index in [4.69, 9.17) is 4.74 Å². The minimum Gasteiger partial charge on any atom is -0.474 e. The summed E-state index contributed by atoms with van der Waals surface area (Å²) in [5.74, 6) is 1.43. The van der Waals surface area contributed by atoms with E-state index in [2.05, 4.69) is 32.1 Å². The van der Waals surface area contributed by atoms with E-state index in [9.17, 15) is 4.79 Å². The fourth-order valence-corrected chi connectivity index (χ4v) is 6.87. The summed E-state index contributed by atoms with van der Waals surface area (Å²) in [6, 6.07) is 4.05. The second kappa shape index (κ2) is 16.4. The molecule has 4 fully saturated rings. The number of fused-ring (bicyclic) bond motifs is 1. The molecule has 2 saturated heterocycles. The van der Waals surface area contributed by atoms with Crippen LogP contribution in [0.2, 0.25) is 0 Å². The van der Waals surface area contributed by atoms with Gasteiger partial charge < -0.3 is 19.9 Å². The lowest BCUT2D eigenvalue weighted by Crippen LogP contribution is -2.45. The van der Waals surface area contributed by atoms with Gasteiger partial charge in [0, 0.05) is 38.8 Å². The lowest BCUT2D eigenvalue weighted by Gasteiger charge is -2.33. The maximum absolute atomic E-state index is 13.0. The average molecular weight is 569 g/mol. The molecule has 4 heterocycles. The molecule has 2 aliphatic carbocycles. The van der Waals surface area contributed by atoms with Crippen LogP contribution in [0, 0.1) is 5.92 Å². The average Bonchev–Trinajstić information content (AvgIpc) is 3.79. The molecule has 2 aliphatic heterocycles. The van der Waals surface area contributed by atoms with Crippen LogP contribution < -0.4 is 10.1 Å². The molecule has 0 radical (unpaired) electrons. The lowest BCUT2D eigenvalue weighted by atomic mass is 9.98. The maximum Gasteiger partial charge on any atom is 0.272 e. The van der Waals surface area contributed by atoms with Crippen LogP contribution in [0.5, 0.6) is 5.88 Å². The number of carbonyl (C=O) groups excluding carboxylic acids is 1. The molecule has 0 spiro atoms. The SMILES string of the molecule is CC.CCN1CCCC1.Cn1nc(C(=O)NC2CCN(CC3CCCC3)CC2)c2ccc(OC3CCCCC3)nc21. The van der Waals surface area contributed by atoms with Crippen LogP contribution in [-0.2, 0) is 7.05 Å². The second-order valence-corrected chi connectivity index (χ2v) is 12.2. The van der Waals surface area contributed by atoms with E-state index in [0.717, 1.165) is 50.1 Å². The molecule has 2 aromatic heterocycles. The number of nitrogens with zero attached hydrogens (tertiary/aromatic N) is 5. The van der Waals surface area contributed by atoms with Crippen molar-refractivity contribution in [3.05, 3.63) is 17.8 Å². The van der Waals surface area contributed by atoms with Gasteiger partial charge in [-0.3, -0.25) is 4.79 Å². The molecule has 230 valence electrons. The van der Waals surface area contributed by atoms with Crippen molar-refractivity contribution in [2.75, 3.05) is 39.3 Å². The first-order valence-electron chi connectivity index (χ1n) is 16.8. The summed E-state index contributed by atoms with van der Waals surface area (Å²) in [5.41, 5.74) is 1.17. The van der Waals surface area contributed by atoms with E-state index in [1.165, 1.54) is 84.0 Å². The predicted molar refractivity (Wildman–Crippen MR) is 168 cm³/mol. The molecule has 0 aromatic carbocycles. The molecule has 0 atom stereocenters. The summed E-state index contributed by atoms with van der Waals surface area (Å²) in [6.45, 7) is 13.6. The van der Waals surface area contributed by atoms with Crippen molar-refractivity contribution in [1.82, 2.24) is 29.9 Å². The number of piperidine rings is 1. The van der Waals surface area contributed by atoms with Crippen molar-refractivity contribution in [2.45, 2.75) is 116 Å². The van der Waals surface area contributed by atoms with Gasteiger partial charge in [-0.05, 0) is 95.8 Å². The highest BCUT2D eigenvalue weighted by Gasteiger charge is 2.26. The third kappa shape index (κ3) is 9.15. The molecule has 8 nitrogen and oxygen atoms in total. The number of amides is 1. The Morgan fingerprint density at radius 2 is 1.54 bits per heavy atom. The van der Waals surface area contributed by atoms with Crippen molar-refractivity contribution in [1.29, 1.82) is 0 Å². The van der Waals surface area contributed by atoms with E-state index in [-0.39, 0.29) is 18.1 Å². The summed E-state index contributed by atoms with van der Waals surface area (Å²) in [5, 5.41) is 8.53. The van der Waals surface area contributed by atoms with Gasteiger partial charge in [0.05, 0.1) is 5.39 Å². The Labute approximate surface area is 248 Å². The first kappa shape index (κ1) is 31.7. The molecule has 2 aromatic rings. The van der Waals surface area contributed by atoms with Crippen LogP contribution in [0.3, 0.4) is 0 Å². The van der Waals surface area contributed by atoms with Crippen LogP contribution in [0.15, 0.2) is 12.1 Å². The number of ether oxygens (including phenoxy) is 1. The summed E-state index contributed by atoms with van der Waals surface area (Å²) in [7, 11) is 1.85. The van der Waals surface area contributed by atoms with E-state index in [1.54, 1.807) is 4.68 Å². The predicted octanol–water partition coefficient (Wildman–Crippen LogP) is 6.19. The molecule has 1 N–H and O–H groups in total. The molecule has 8 heteroatoms. The van der Waals surface area contributed by atoms with Gasteiger partial charge in [0.25, 0.3) is 5.91 Å². The Hall–Kier alpha value is -2.19. The first-order valence-corrected chi connectivity index (χ1v) is 16.8. The zero-order valence-electron chi connectivity index (χ0n) is 26.4. The highest BCUT2D eigenvalue weighted by Crippen LogP contribution is 2.27. The van der Waals surface area contributed by atoms with E-state index >= 15 is 0 Å². The van der Waals surface area contributed by atoms with Gasteiger partial charge in [-0.25, -0.2) is 4.68 Å². The third-order valence-electron chi connectivity index (χ3n) is 9.28. The van der Waals surface area contributed by atoms with E-state index < -0.39 is 0 Å². The molecule has 1 amide bonds. The Bertz CT molecular complexity index is 1050. The molecule has 41 heavy (non-hydrogen) atoms. The topological polar surface area (TPSA) is 75.5 Å². The Balaban J connectivity index is 0.000000372. The summed E-state index contributed by atoms with van der Waals surface area (Å²) < 4.78 is 7.81. The molecular formula is C33H56N6O2. The molecule has 0 unspecified atom stereocenters. The number of pyridine rings is 1. The van der Waals surface area contributed by atoms with Crippen LogP contribution in [0.1, 0.15) is 115 Å². The number of likely N-dealkylation sites (tertiary alicyclic amines) is 2. The quantitative estimate of drug-likeness (QED) is 0.429. The number of carbonyl (C=O) groups is 1. The number of hydrogen-bond donors (Lipinski definition) is 1. The summed E-state index contributed by atoms with van der Waals surface area (Å²) in [4.78, 5) is 22.8. The number of aryl methyl sites for hydroxylation is 1. The Morgan fingerprint density at radius 3 is 2.17 bits per heavy atom. The van der Waals surface area contributed by atoms with Crippen molar-refractivity contribution < 1.29 is 9.53 Å². The number of rotatable bonds is 7. The number of nitrogens with one attached hydrogen (secondary N) is 1. The standard InChI is InChI=1S/C25H37N5O2.C6H13N.C2H6/c1-29-24-21(11-12-22(27-24)32-20-9-3-2-4-10-20)23(28-29)25(31)26-19-13-15-30(16-14-19)17-18-7-5-6-8-18;1-2-7-5-3-4-6-7;1-2/h11-12,18-20H,2-10,13-17H2,1H3,(H,26,31);2-6H2,1H3;1-2H3. The van der Waals surface area contributed by atoms with Crippen LogP contribution in [0.25, 0.3) is 11.0 Å². The zero-order chi connectivity index (χ0) is 29.0. The minimum absolute atomic E-state index is 0.0902. The molecule has 2 saturated carbocycles. The van der Waals surface area contributed by atoms with Crippen molar-refractivity contribution in [3.63, 3.8) is 0 Å². The fraction of sp³-hybridized carbons (Fsp3) is 0.788. The second-order valence-electron chi connectivity index (χ2n) is 12.2. The molecule has 6 rings (SSSR count). The van der Waals surface area contributed by atoms with Gasteiger partial charge in [0.15, 0.2) is 11.3 Å². The first-order chi connectivity index (χ1) is 20.1. The smallest absolute Gasteiger partial charge is 0.272 e. The zero-order valence-corrected chi connectivity index (χ0v) is 26.4. The third-order valence-corrected chi connectivity index (χ3v) is 9.28. The maximum atomic E-state index is 13.0. The van der Waals surface area contributed by atoms with Gasteiger partial charge in [-0.15, -0.1) is 0 Å². The van der Waals surface area contributed by atoms with Crippen molar-refractivity contribution >= 4 is 16.9 Å². The molecular weight excluding hydrogens is 512 g/mol. The largest absolute Gasteiger partial charge is 0.474 e. The highest BCUT2D eigenvalue weighted by atomic mass is 16.5. The van der Waals surface area contributed by atoms with Crippen LogP contribution in [-0.4, -0.2) is 81.9 Å². The van der Waals surface area contributed by atoms with Gasteiger partial charge >= 0.3 is 0 Å². The van der Waals surface area contributed by atoms with Gasteiger partial charge in [0.2, 0.25) is 5.88 Å². The van der Waals surface area contributed by atoms with Crippen LogP contribution in [0.4, 0.5) is 0 Å². The molecule has 0 bridgehead atoms. The van der Waals surface area contributed by atoms with Gasteiger partial charge in [0.1, 0.15) is 6.10 Å². The fourth-order valence-electron chi connectivity index (χ4n) is 6.87. The number of hydrogen-bond acceptors (Lipinski definition) is 6. The Kier molecular flexibility index (Phi) is 12.7.